The first-order chi connectivity index (χ1) is 15.9. The van der Waals surface area contributed by atoms with Crippen LogP contribution in [0.2, 0.25) is 0 Å². The molecule has 8 nitrogen and oxygen atoms in total. The van der Waals surface area contributed by atoms with Crippen LogP contribution in [0.4, 0.5) is 9.80 Å². The fourth-order valence-corrected chi connectivity index (χ4v) is 5.61. The van der Waals surface area contributed by atoms with E-state index in [4.69, 9.17) is 4.74 Å². The average molecular weight is 470 g/mol. The average Bonchev–Trinajstić information content (AvgIpc) is 3.31. The van der Waals surface area contributed by atoms with Gasteiger partial charge in [-0.25, -0.2) is 9.59 Å². The lowest BCUT2D eigenvalue weighted by molar-refractivity contribution is -0.136. The van der Waals surface area contributed by atoms with E-state index in [0.717, 1.165) is 29.7 Å². The number of nitrogens with zero attached hydrogens (tertiary/aromatic N) is 1. The van der Waals surface area contributed by atoms with Crippen molar-refractivity contribution in [2.24, 2.45) is 5.92 Å². The molecule has 2 heterocycles. The van der Waals surface area contributed by atoms with Gasteiger partial charge >= 0.3 is 12.0 Å². The normalized spacial score (nSPS) is 22.4. The van der Waals surface area contributed by atoms with Crippen LogP contribution in [-0.2, 0) is 14.3 Å². The van der Waals surface area contributed by atoms with E-state index in [1.165, 1.54) is 11.3 Å². The Morgan fingerprint density at radius 2 is 2.00 bits per heavy atom. The van der Waals surface area contributed by atoms with Gasteiger partial charge in [0, 0.05) is 10.9 Å². The van der Waals surface area contributed by atoms with E-state index in [-0.39, 0.29) is 24.0 Å². The van der Waals surface area contributed by atoms with Crippen molar-refractivity contribution in [1.29, 1.82) is 0 Å². The van der Waals surface area contributed by atoms with Crippen LogP contribution in [0, 0.1) is 5.92 Å². The highest BCUT2D eigenvalue weighted by molar-refractivity contribution is 7.15. The number of thiophene rings is 1. The molecule has 0 radical (unpaired) electrons. The first kappa shape index (κ1) is 23.0. The summed E-state index contributed by atoms with van der Waals surface area (Å²) in [7, 11) is 0. The maximum absolute atomic E-state index is 13.1. The fraction of sp³-hybridized carbons (Fsp3) is 0.417. The first-order valence-electron chi connectivity index (χ1n) is 11.2. The summed E-state index contributed by atoms with van der Waals surface area (Å²) in [5.74, 6) is -1.43. The van der Waals surface area contributed by atoms with Gasteiger partial charge in [0.25, 0.3) is 5.91 Å². The molecule has 2 atom stereocenters. The molecule has 174 valence electrons. The Morgan fingerprint density at radius 3 is 2.70 bits per heavy atom. The number of esters is 1. The molecular formula is C24H27N3O5S. The van der Waals surface area contributed by atoms with Crippen molar-refractivity contribution >= 4 is 40.2 Å². The molecule has 0 bridgehead atoms. The summed E-state index contributed by atoms with van der Waals surface area (Å²) in [6.07, 6.45) is 3.31. The summed E-state index contributed by atoms with van der Waals surface area (Å²) in [5.41, 5.74) is 0.810. The van der Waals surface area contributed by atoms with E-state index in [1.807, 2.05) is 37.3 Å². The van der Waals surface area contributed by atoms with Gasteiger partial charge in [-0.2, -0.15) is 0 Å². The number of urea groups is 1. The topological polar surface area (TPSA) is 105 Å². The lowest BCUT2D eigenvalue weighted by atomic mass is 9.73. The molecule has 2 aromatic rings. The summed E-state index contributed by atoms with van der Waals surface area (Å²) in [6, 6.07) is 8.79. The lowest BCUT2D eigenvalue weighted by Crippen LogP contribution is -2.54. The Balaban J connectivity index is 1.54. The zero-order valence-corrected chi connectivity index (χ0v) is 19.5. The Hall–Kier alpha value is -3.20. The van der Waals surface area contributed by atoms with Crippen LogP contribution in [0.15, 0.2) is 35.7 Å². The first-order valence-corrected chi connectivity index (χ1v) is 12.0. The summed E-state index contributed by atoms with van der Waals surface area (Å²) in [4.78, 5) is 52.2. The summed E-state index contributed by atoms with van der Waals surface area (Å²) < 4.78 is 5.21. The van der Waals surface area contributed by atoms with Gasteiger partial charge in [0.2, 0.25) is 5.91 Å². The van der Waals surface area contributed by atoms with Gasteiger partial charge in [-0.3, -0.25) is 14.5 Å². The molecule has 1 aromatic carbocycles. The molecule has 1 saturated heterocycles. The molecule has 1 spiro atoms. The molecule has 2 fully saturated rings. The van der Waals surface area contributed by atoms with Crippen molar-refractivity contribution in [3.05, 3.63) is 41.3 Å². The number of hydrogen-bond donors (Lipinski definition) is 2. The van der Waals surface area contributed by atoms with Gasteiger partial charge in [-0.1, -0.05) is 50.1 Å². The number of carbonyl (C=O) groups is 4. The van der Waals surface area contributed by atoms with Gasteiger partial charge in [0.05, 0.1) is 6.61 Å². The summed E-state index contributed by atoms with van der Waals surface area (Å²) in [5, 5.41) is 7.67. The zero-order valence-electron chi connectivity index (χ0n) is 18.7. The van der Waals surface area contributed by atoms with Crippen molar-refractivity contribution in [2.45, 2.75) is 45.1 Å². The Kier molecular flexibility index (Phi) is 6.51. The molecule has 33 heavy (non-hydrogen) atoms. The number of nitrogens with one attached hydrogen (secondary N) is 2. The van der Waals surface area contributed by atoms with Crippen molar-refractivity contribution in [3.63, 3.8) is 0 Å². The number of rotatable bonds is 6. The highest BCUT2D eigenvalue weighted by Crippen LogP contribution is 2.39. The quantitative estimate of drug-likeness (QED) is 0.491. The van der Waals surface area contributed by atoms with Crippen molar-refractivity contribution in [2.75, 3.05) is 18.5 Å². The van der Waals surface area contributed by atoms with E-state index in [1.54, 1.807) is 12.3 Å². The molecular weight excluding hydrogens is 442 g/mol. The molecule has 4 amide bonds. The Bertz CT molecular complexity index is 1080. The standard InChI is InChI=1S/C24H27N3O5S/c1-3-32-21(29)19-17(16-10-5-4-6-11-16)14-33-20(19)25-18(28)13-27-22(30)24(26-23(27)31)12-8-7-9-15(24)2/h4-6,10-11,14-15H,3,7-9,12-13H2,1-2H3,(H,25,28)(H,26,31)/t15-,24+/m1/s1. The molecule has 1 saturated carbocycles. The maximum Gasteiger partial charge on any atom is 0.341 e. The molecule has 1 aromatic heterocycles. The lowest BCUT2D eigenvalue weighted by Gasteiger charge is -2.36. The van der Waals surface area contributed by atoms with Crippen LogP contribution in [0.5, 0.6) is 0 Å². The highest BCUT2D eigenvalue weighted by atomic mass is 32.1. The van der Waals surface area contributed by atoms with Gasteiger partial charge < -0.3 is 15.4 Å². The maximum atomic E-state index is 13.1. The minimum atomic E-state index is -0.922. The molecule has 4 rings (SSSR count). The van der Waals surface area contributed by atoms with Gasteiger partial charge in [0.1, 0.15) is 22.6 Å². The number of benzene rings is 1. The second-order valence-corrected chi connectivity index (χ2v) is 9.31. The SMILES string of the molecule is CCOC(=O)c1c(-c2ccccc2)csc1NC(=O)CN1C(=O)N[C@]2(CCCC[C@H]2C)C1=O. The van der Waals surface area contributed by atoms with Gasteiger partial charge in [0.15, 0.2) is 0 Å². The Morgan fingerprint density at radius 1 is 1.24 bits per heavy atom. The third kappa shape index (κ3) is 4.25. The minimum Gasteiger partial charge on any atom is -0.462 e. The minimum absolute atomic E-state index is 0.0110. The number of amides is 4. The van der Waals surface area contributed by atoms with Gasteiger partial charge in [-0.15, -0.1) is 11.3 Å². The number of ether oxygens (including phenoxy) is 1. The van der Waals surface area contributed by atoms with Crippen molar-refractivity contribution in [3.8, 4) is 11.1 Å². The van der Waals surface area contributed by atoms with Crippen molar-refractivity contribution < 1.29 is 23.9 Å². The van der Waals surface area contributed by atoms with E-state index < -0.39 is 30.0 Å². The van der Waals surface area contributed by atoms with E-state index >= 15 is 0 Å². The predicted molar refractivity (Wildman–Crippen MR) is 125 cm³/mol. The van der Waals surface area contributed by atoms with Crippen LogP contribution in [-0.4, -0.2) is 47.4 Å². The second-order valence-electron chi connectivity index (χ2n) is 8.43. The van der Waals surface area contributed by atoms with Crippen LogP contribution in [0.25, 0.3) is 11.1 Å². The third-order valence-electron chi connectivity index (χ3n) is 6.41. The number of imide groups is 1. The summed E-state index contributed by atoms with van der Waals surface area (Å²) in [6.45, 7) is 3.45. The largest absolute Gasteiger partial charge is 0.462 e. The fourth-order valence-electron chi connectivity index (χ4n) is 4.63. The number of anilines is 1. The predicted octanol–water partition coefficient (Wildman–Crippen LogP) is 4.03. The van der Waals surface area contributed by atoms with Crippen LogP contribution in [0.3, 0.4) is 0 Å². The smallest absolute Gasteiger partial charge is 0.341 e. The number of hydrogen-bond acceptors (Lipinski definition) is 6. The second kappa shape index (κ2) is 9.35. The molecule has 1 aliphatic carbocycles. The molecule has 1 aliphatic heterocycles. The van der Waals surface area contributed by atoms with E-state index in [2.05, 4.69) is 10.6 Å². The van der Waals surface area contributed by atoms with Crippen LogP contribution >= 0.6 is 11.3 Å². The highest BCUT2D eigenvalue weighted by Gasteiger charge is 2.55. The molecule has 0 unspecified atom stereocenters. The van der Waals surface area contributed by atoms with E-state index in [0.29, 0.717) is 17.0 Å². The molecule has 2 N–H and O–H groups in total. The molecule has 9 heteroatoms. The van der Waals surface area contributed by atoms with E-state index in [9.17, 15) is 19.2 Å². The third-order valence-corrected chi connectivity index (χ3v) is 7.31. The zero-order chi connectivity index (χ0) is 23.6. The van der Waals surface area contributed by atoms with Gasteiger partial charge in [-0.05, 0) is 31.2 Å². The van der Waals surface area contributed by atoms with Crippen LogP contribution in [0.1, 0.15) is 49.9 Å². The molecule has 2 aliphatic rings. The summed E-state index contributed by atoms with van der Waals surface area (Å²) >= 11 is 1.20. The van der Waals surface area contributed by atoms with Crippen molar-refractivity contribution in [1.82, 2.24) is 10.2 Å². The monoisotopic (exact) mass is 469 g/mol. The number of carbonyl (C=O) groups excluding carboxylic acids is 4. The van der Waals surface area contributed by atoms with Crippen LogP contribution < -0.4 is 10.6 Å². The Labute approximate surface area is 196 Å².